The number of hydrogen-bond donors (Lipinski definition) is 3. The molecule has 2 rings (SSSR count). The van der Waals surface area contributed by atoms with Gasteiger partial charge in [0.15, 0.2) is 0 Å². The normalized spacial score (nSPS) is 15.8. The van der Waals surface area contributed by atoms with Gasteiger partial charge in [0.2, 0.25) is 0 Å². The fourth-order valence-corrected chi connectivity index (χ4v) is 4.36. The topological polar surface area (TPSA) is 91.3 Å². The number of urea groups is 1. The first-order chi connectivity index (χ1) is 9.61. The molecule has 110 valence electrons. The van der Waals surface area contributed by atoms with Crippen LogP contribution in [0.5, 0.6) is 0 Å². The third kappa shape index (κ3) is 3.63. The van der Waals surface area contributed by atoms with Crippen molar-refractivity contribution in [3.05, 3.63) is 5.56 Å². The Morgan fingerprint density at radius 2 is 2.05 bits per heavy atom. The van der Waals surface area contributed by atoms with E-state index in [0.29, 0.717) is 10.3 Å². The Kier molecular flexibility index (Phi) is 5.24. The van der Waals surface area contributed by atoms with Gasteiger partial charge in [-0.25, -0.2) is 9.59 Å². The molecule has 8 heteroatoms. The van der Waals surface area contributed by atoms with E-state index in [9.17, 15) is 14.7 Å². The lowest BCUT2D eigenvalue weighted by Gasteiger charge is -2.20. The number of thioether (sulfide) groups is 1. The summed E-state index contributed by atoms with van der Waals surface area (Å²) in [6.07, 6.45) is 5.82. The van der Waals surface area contributed by atoms with Crippen LogP contribution in [0, 0.1) is 0 Å². The summed E-state index contributed by atoms with van der Waals surface area (Å²) in [7, 11) is 1.48. The van der Waals surface area contributed by atoms with Crippen molar-refractivity contribution in [3.63, 3.8) is 0 Å². The number of carboxylic acids is 1. The number of carbonyl (C=O) groups excluding carboxylic acids is 1. The number of nitrogens with one attached hydrogen (secondary N) is 2. The number of carbonyl (C=O) groups is 2. The minimum absolute atomic E-state index is 0.106. The van der Waals surface area contributed by atoms with Crippen LogP contribution in [0.2, 0.25) is 0 Å². The van der Waals surface area contributed by atoms with Crippen LogP contribution in [0.15, 0.2) is 5.03 Å². The summed E-state index contributed by atoms with van der Waals surface area (Å²) < 4.78 is 4.20. The molecule has 0 aromatic carbocycles. The summed E-state index contributed by atoms with van der Waals surface area (Å²) in [6, 6.07) is -0.439. The van der Waals surface area contributed by atoms with Gasteiger partial charge < -0.3 is 10.4 Å². The van der Waals surface area contributed by atoms with E-state index >= 15 is 0 Å². The van der Waals surface area contributed by atoms with E-state index < -0.39 is 12.0 Å². The Morgan fingerprint density at radius 3 is 2.65 bits per heavy atom. The second kappa shape index (κ2) is 6.94. The fourth-order valence-electron chi connectivity index (χ4n) is 2.14. The number of rotatable bonds is 4. The largest absolute Gasteiger partial charge is 0.477 e. The maximum Gasteiger partial charge on any atom is 0.341 e. The molecule has 0 saturated heterocycles. The third-order valence-corrected chi connectivity index (χ3v) is 5.36. The van der Waals surface area contributed by atoms with Crippen LogP contribution < -0.4 is 10.6 Å². The molecule has 2 amide bonds. The maximum atomic E-state index is 11.4. The van der Waals surface area contributed by atoms with E-state index in [1.807, 2.05) is 0 Å². The van der Waals surface area contributed by atoms with E-state index in [0.717, 1.165) is 24.4 Å². The van der Waals surface area contributed by atoms with Crippen molar-refractivity contribution in [3.8, 4) is 0 Å². The molecule has 1 fully saturated rings. The smallest absolute Gasteiger partial charge is 0.341 e. The van der Waals surface area contributed by atoms with Gasteiger partial charge in [-0.1, -0.05) is 19.3 Å². The summed E-state index contributed by atoms with van der Waals surface area (Å²) in [4.78, 5) is 22.7. The van der Waals surface area contributed by atoms with Crippen LogP contribution in [-0.4, -0.2) is 33.8 Å². The highest BCUT2D eigenvalue weighted by atomic mass is 32.2. The highest BCUT2D eigenvalue weighted by Crippen LogP contribution is 2.38. The average molecular weight is 315 g/mol. The van der Waals surface area contributed by atoms with Crippen molar-refractivity contribution in [2.24, 2.45) is 0 Å². The van der Waals surface area contributed by atoms with Gasteiger partial charge in [0.05, 0.1) is 0 Å². The molecule has 0 aliphatic heterocycles. The van der Waals surface area contributed by atoms with Gasteiger partial charge in [-0.2, -0.15) is 4.37 Å². The second-order valence-electron chi connectivity index (χ2n) is 4.58. The number of amides is 2. The number of carboxylic acid groups (broad SMARTS) is 1. The van der Waals surface area contributed by atoms with Crippen molar-refractivity contribution in [1.82, 2.24) is 9.69 Å². The lowest BCUT2D eigenvalue weighted by molar-refractivity contribution is 0.0694. The zero-order valence-electron chi connectivity index (χ0n) is 11.1. The molecule has 0 atom stereocenters. The standard InChI is InChI=1S/C12H17N3O3S2/c1-13-12(18)14-9-8(11(16)17)10(15-20-9)19-7-5-3-2-4-6-7/h7H,2-6H2,1H3,(H,16,17)(H2,13,14,18). The summed E-state index contributed by atoms with van der Waals surface area (Å²) >= 11 is 2.53. The molecule has 1 aromatic heterocycles. The first-order valence-electron chi connectivity index (χ1n) is 6.50. The fraction of sp³-hybridized carbons (Fsp3) is 0.583. The lowest BCUT2D eigenvalue weighted by Crippen LogP contribution is -2.24. The predicted octanol–water partition coefficient (Wildman–Crippen LogP) is 3.02. The number of aromatic carboxylic acids is 1. The molecule has 1 saturated carbocycles. The van der Waals surface area contributed by atoms with Crippen molar-refractivity contribution in [1.29, 1.82) is 0 Å². The molecule has 1 aliphatic rings. The van der Waals surface area contributed by atoms with Crippen LogP contribution in [0.1, 0.15) is 42.5 Å². The molecule has 0 unspecified atom stereocenters. The van der Waals surface area contributed by atoms with Crippen molar-refractivity contribution in [2.75, 3.05) is 12.4 Å². The summed E-state index contributed by atoms with van der Waals surface area (Å²) in [5.74, 6) is -1.05. The zero-order valence-corrected chi connectivity index (χ0v) is 12.8. The monoisotopic (exact) mass is 315 g/mol. The minimum Gasteiger partial charge on any atom is -0.477 e. The van der Waals surface area contributed by atoms with Gasteiger partial charge in [-0.3, -0.25) is 5.32 Å². The molecule has 0 bridgehead atoms. The zero-order chi connectivity index (χ0) is 14.5. The van der Waals surface area contributed by atoms with Crippen molar-refractivity contribution < 1.29 is 14.7 Å². The average Bonchev–Trinajstić information content (AvgIpc) is 2.82. The lowest BCUT2D eigenvalue weighted by atomic mass is 10.0. The van der Waals surface area contributed by atoms with E-state index in [-0.39, 0.29) is 10.6 Å². The predicted molar refractivity (Wildman–Crippen MR) is 79.9 cm³/mol. The van der Waals surface area contributed by atoms with Crippen LogP contribution in [0.4, 0.5) is 9.80 Å². The first-order valence-corrected chi connectivity index (χ1v) is 8.15. The van der Waals surface area contributed by atoms with Gasteiger partial charge in [0.25, 0.3) is 0 Å². The minimum atomic E-state index is -1.05. The van der Waals surface area contributed by atoms with Gasteiger partial charge in [-0.15, -0.1) is 11.8 Å². The molecule has 0 radical (unpaired) electrons. The first kappa shape index (κ1) is 15.1. The number of nitrogens with zero attached hydrogens (tertiary/aromatic N) is 1. The molecular formula is C12H17N3O3S2. The molecule has 1 aliphatic carbocycles. The summed E-state index contributed by atoms with van der Waals surface area (Å²) in [5, 5.41) is 15.5. The van der Waals surface area contributed by atoms with Crippen LogP contribution in [0.25, 0.3) is 0 Å². The molecule has 6 nitrogen and oxygen atoms in total. The van der Waals surface area contributed by atoms with Gasteiger partial charge >= 0.3 is 12.0 Å². The van der Waals surface area contributed by atoms with Gasteiger partial charge in [-0.05, 0) is 24.4 Å². The van der Waals surface area contributed by atoms with Crippen molar-refractivity contribution in [2.45, 2.75) is 42.4 Å². The highest BCUT2D eigenvalue weighted by Gasteiger charge is 2.25. The van der Waals surface area contributed by atoms with Crippen LogP contribution in [0.3, 0.4) is 0 Å². The molecular weight excluding hydrogens is 298 g/mol. The number of aromatic nitrogens is 1. The summed E-state index contributed by atoms with van der Waals surface area (Å²) in [6.45, 7) is 0. The van der Waals surface area contributed by atoms with Crippen LogP contribution >= 0.6 is 23.3 Å². The van der Waals surface area contributed by atoms with E-state index in [4.69, 9.17) is 0 Å². The second-order valence-corrected chi connectivity index (χ2v) is 6.64. The Bertz CT molecular complexity index is 498. The van der Waals surface area contributed by atoms with Gasteiger partial charge in [0, 0.05) is 12.3 Å². The van der Waals surface area contributed by atoms with Crippen LogP contribution in [-0.2, 0) is 0 Å². The maximum absolute atomic E-state index is 11.4. The Hall–Kier alpha value is -1.28. The molecule has 0 spiro atoms. The molecule has 3 N–H and O–H groups in total. The van der Waals surface area contributed by atoms with E-state index in [1.54, 1.807) is 0 Å². The SMILES string of the molecule is CNC(=O)Nc1snc(SC2CCCCC2)c1C(=O)O. The number of hydrogen-bond acceptors (Lipinski definition) is 5. The molecule has 20 heavy (non-hydrogen) atoms. The van der Waals surface area contributed by atoms with Gasteiger partial charge in [0.1, 0.15) is 15.6 Å². The van der Waals surface area contributed by atoms with E-state index in [2.05, 4.69) is 15.0 Å². The Morgan fingerprint density at radius 1 is 1.35 bits per heavy atom. The quantitative estimate of drug-likeness (QED) is 0.794. The Labute approximate surface area is 125 Å². The molecule has 1 heterocycles. The Balaban J connectivity index is 2.15. The molecule has 1 aromatic rings. The van der Waals surface area contributed by atoms with E-state index in [1.165, 1.54) is 38.1 Å². The van der Waals surface area contributed by atoms with Crippen molar-refractivity contribution >= 4 is 40.3 Å². The third-order valence-electron chi connectivity index (χ3n) is 3.16. The number of anilines is 1. The summed E-state index contributed by atoms with van der Waals surface area (Å²) in [5.41, 5.74) is 0.106. The highest BCUT2D eigenvalue weighted by molar-refractivity contribution is 8.00.